The van der Waals surface area contributed by atoms with Gasteiger partial charge in [-0.2, -0.15) is 0 Å². The summed E-state index contributed by atoms with van der Waals surface area (Å²) in [5.41, 5.74) is 23.5. The molecular weight excluding hydrogens is 1610 g/mol. The van der Waals surface area contributed by atoms with Crippen LogP contribution in [0.2, 0.25) is 0 Å². The van der Waals surface area contributed by atoms with E-state index < -0.39 is 0 Å². The molecule has 15 heterocycles. The molecule has 0 bridgehead atoms. The Morgan fingerprint density at radius 2 is 0.556 bits per heavy atom. The molecule has 0 amide bonds. The summed E-state index contributed by atoms with van der Waals surface area (Å²) in [6, 6.07) is 107. The van der Waals surface area contributed by atoms with Gasteiger partial charge in [-0.25, -0.2) is 49.8 Å². The van der Waals surface area contributed by atoms with Crippen LogP contribution in [0.4, 0.5) is 51.2 Å². The highest BCUT2D eigenvalue weighted by atomic mass is 32.1. The minimum Gasteiger partial charge on any atom is -0.453 e. The summed E-state index contributed by atoms with van der Waals surface area (Å²) in [5, 5.41) is 1.83. The molecule has 596 valence electrons. The van der Waals surface area contributed by atoms with Gasteiger partial charge in [0.25, 0.3) is 0 Å². The maximum Gasteiger partial charge on any atom is 0.247 e. The Labute approximate surface area is 724 Å². The third-order valence-corrected chi connectivity index (χ3v) is 24.0. The Bertz CT molecular complexity index is 7320. The third-order valence-electron chi connectivity index (χ3n) is 21.9. The first-order chi connectivity index (χ1) is 62.4. The van der Waals surface area contributed by atoms with E-state index in [0.717, 1.165) is 195 Å². The Kier molecular flexibility index (Phi) is 17.6. The smallest absolute Gasteiger partial charge is 0.247 e. The normalized spacial score (nSPS) is 12.3. The second-order valence-corrected chi connectivity index (χ2v) is 31.7. The zero-order chi connectivity index (χ0) is 83.1. The van der Waals surface area contributed by atoms with Crippen molar-refractivity contribution >= 4 is 139 Å². The van der Waals surface area contributed by atoms with Crippen molar-refractivity contribution in [1.29, 1.82) is 0 Å². The van der Waals surface area contributed by atoms with Crippen LogP contribution in [-0.2, 0) is 0 Å². The molecule has 0 fully saturated rings. The van der Waals surface area contributed by atoms with Crippen LogP contribution < -0.4 is 28.9 Å². The number of anilines is 9. The van der Waals surface area contributed by atoms with E-state index in [1.54, 1.807) is 47.5 Å². The number of nitrogens with zero attached hydrogens (tertiary/aromatic N) is 17. The number of hydrogen-bond donors (Lipinski definition) is 0. The molecule has 0 atom stereocenters. The quantitative estimate of drug-likeness (QED) is 0.117. The van der Waals surface area contributed by atoms with Gasteiger partial charge in [0.2, 0.25) is 23.2 Å². The number of aromatic nitrogens is 14. The van der Waals surface area contributed by atoms with Crippen molar-refractivity contribution in [3.05, 3.63) is 371 Å². The molecule has 26 rings (SSSR count). The fourth-order valence-electron chi connectivity index (χ4n) is 16.4. The van der Waals surface area contributed by atoms with E-state index in [0.29, 0.717) is 34.2 Å². The first-order valence-corrected chi connectivity index (χ1v) is 42.1. The number of ether oxygens (including phenoxy) is 3. The van der Waals surface area contributed by atoms with Crippen molar-refractivity contribution in [2.45, 2.75) is 0 Å². The minimum absolute atomic E-state index is 0.450. The molecule has 126 heavy (non-hydrogen) atoms. The topological polar surface area (TPSA) is 228 Å². The minimum atomic E-state index is 0.450. The first kappa shape index (κ1) is 72.8. The summed E-state index contributed by atoms with van der Waals surface area (Å²) >= 11 is 3.18. The van der Waals surface area contributed by atoms with Gasteiger partial charge in [0, 0.05) is 99.0 Å². The molecule has 23 aromatic rings. The predicted molar refractivity (Wildman–Crippen MR) is 494 cm³/mol. The summed E-state index contributed by atoms with van der Waals surface area (Å²) in [7, 11) is 0. The molecule has 0 spiro atoms. The summed E-state index contributed by atoms with van der Waals surface area (Å²) in [6.07, 6.45) is 14.3. The molecule has 22 nitrogen and oxygen atoms in total. The van der Waals surface area contributed by atoms with Crippen LogP contribution in [0.15, 0.2) is 380 Å². The number of rotatable bonds is 11. The van der Waals surface area contributed by atoms with Crippen molar-refractivity contribution in [3.63, 3.8) is 0 Å². The van der Waals surface area contributed by atoms with Gasteiger partial charge in [-0.3, -0.25) is 19.1 Å². The molecule has 24 heteroatoms. The van der Waals surface area contributed by atoms with E-state index in [9.17, 15) is 0 Å². The van der Waals surface area contributed by atoms with Crippen LogP contribution in [0.25, 0.3) is 143 Å². The maximum atomic E-state index is 6.40. The zero-order valence-electron chi connectivity index (χ0n) is 66.2. The average Bonchev–Trinajstić information content (AvgIpc) is 1.63. The second kappa shape index (κ2) is 30.5. The largest absolute Gasteiger partial charge is 0.453 e. The fourth-order valence-corrected chi connectivity index (χ4v) is 18.2. The monoisotopic (exact) mass is 1670 g/mol. The number of pyridine rings is 6. The van der Waals surface area contributed by atoms with Crippen LogP contribution in [0.1, 0.15) is 0 Å². The highest BCUT2D eigenvalue weighted by Crippen LogP contribution is 2.56. The lowest BCUT2D eigenvalue weighted by molar-refractivity contribution is 0.477. The Balaban J connectivity index is 0.000000107. The highest BCUT2D eigenvalue weighted by Gasteiger charge is 2.33. The zero-order valence-corrected chi connectivity index (χ0v) is 67.8. The van der Waals surface area contributed by atoms with Gasteiger partial charge < -0.3 is 37.7 Å². The SMILES string of the molecule is c1ccc(-n2c(-c3cc(-c4nc5ccncc5n4-c4ccccc4)cc(N4c5ccccc5Oc5ccccc54)c3)nc3ccncc32)cc1.c1ccc2c(c1)Oc1ccccc1N2c1cc(-c2nc3cccnc3o2)cc(-c2nc3cccnc3o2)c1.c1ccc2c(c1)Oc1ccccc1N2c1cc(-c2nc3cccnc3s2)cc(-c2nc3cccnc3s2)c1. The summed E-state index contributed by atoms with van der Waals surface area (Å²) in [4.78, 5) is 64.8. The van der Waals surface area contributed by atoms with Crippen LogP contribution >= 0.6 is 22.7 Å². The molecule has 3 aliphatic heterocycles. The van der Waals surface area contributed by atoms with E-state index in [1.165, 1.54) is 0 Å². The number of imidazole rings is 2. The van der Waals surface area contributed by atoms with Gasteiger partial charge in [0.1, 0.15) is 53.4 Å². The number of hydrogen-bond acceptors (Lipinski definition) is 22. The predicted octanol–water partition coefficient (Wildman–Crippen LogP) is 26.3. The molecular formula is C102H61N17O5S2. The van der Waals surface area contributed by atoms with Crippen molar-refractivity contribution in [3.8, 4) is 113 Å². The standard InChI is InChI=1S/C42H27N7O.C30H17N5O3.C30H17N5OS2/c1-3-11-30(12-4-1)48-37-26-43-21-19-33(37)45-41(48)28-23-29(42-46-34-20-22-44-27-38(34)49(42)31-13-5-2-6-14-31)25-32(24-28)47-35-15-7-9-17-39(35)50-40-18-10-8-16-36(40)47;2*1-3-11-25-23(9-1)35(24-10-2-4-12-26(24)36-25)20-16-18(27-33-21-7-5-13-31-29(21)37-27)15-19(17-20)28-34-22-8-6-14-32-30(22)38-28/h1-27H;2*1-17H. The van der Waals surface area contributed by atoms with E-state index in [-0.39, 0.29) is 0 Å². The number of thiazole rings is 2. The van der Waals surface area contributed by atoms with Gasteiger partial charge in [-0.15, -0.1) is 0 Å². The number of benzene rings is 11. The van der Waals surface area contributed by atoms with E-state index in [4.69, 9.17) is 52.9 Å². The van der Waals surface area contributed by atoms with Gasteiger partial charge in [-0.05, 0) is 212 Å². The third kappa shape index (κ3) is 13.0. The first-order valence-electron chi connectivity index (χ1n) is 40.5. The lowest BCUT2D eigenvalue weighted by Gasteiger charge is -2.33. The molecule has 12 aromatic heterocycles. The lowest BCUT2D eigenvalue weighted by atomic mass is 10.0. The average molecular weight is 1670 g/mol. The van der Waals surface area contributed by atoms with Crippen LogP contribution in [0, 0.1) is 0 Å². The number of oxazole rings is 2. The Hall–Kier alpha value is -17.2. The summed E-state index contributed by atoms with van der Waals surface area (Å²) in [5.74, 6) is 7.19. The van der Waals surface area contributed by atoms with Gasteiger partial charge in [0.05, 0.1) is 68.6 Å². The lowest BCUT2D eigenvalue weighted by Crippen LogP contribution is -2.16. The van der Waals surface area contributed by atoms with Gasteiger partial charge in [0.15, 0.2) is 34.5 Å². The highest BCUT2D eigenvalue weighted by molar-refractivity contribution is 7.21. The van der Waals surface area contributed by atoms with E-state index >= 15 is 0 Å². The summed E-state index contributed by atoms with van der Waals surface area (Å²) < 4.78 is 35.3. The Morgan fingerprint density at radius 1 is 0.238 bits per heavy atom. The van der Waals surface area contributed by atoms with Crippen LogP contribution in [0.5, 0.6) is 34.5 Å². The van der Waals surface area contributed by atoms with Gasteiger partial charge >= 0.3 is 0 Å². The molecule has 0 aliphatic carbocycles. The van der Waals surface area contributed by atoms with Crippen molar-refractivity contribution in [1.82, 2.24) is 68.9 Å². The molecule has 0 radical (unpaired) electrons. The molecule has 0 N–H and O–H groups in total. The molecule has 0 unspecified atom stereocenters. The molecule has 11 aromatic carbocycles. The second-order valence-electron chi connectivity index (χ2n) is 29.8. The van der Waals surface area contributed by atoms with Crippen LogP contribution in [0.3, 0.4) is 0 Å². The molecule has 3 aliphatic rings. The van der Waals surface area contributed by atoms with E-state index in [1.807, 2.05) is 261 Å². The van der Waals surface area contributed by atoms with Crippen LogP contribution in [-0.4, -0.2) is 68.9 Å². The maximum absolute atomic E-state index is 6.40. The summed E-state index contributed by atoms with van der Waals surface area (Å²) in [6.45, 7) is 0. The molecule has 0 saturated carbocycles. The number of fused-ring (bicyclic) bond motifs is 12. The van der Waals surface area contributed by atoms with Gasteiger partial charge in [-0.1, -0.05) is 132 Å². The van der Waals surface area contributed by atoms with Crippen molar-refractivity contribution in [2.24, 2.45) is 0 Å². The fraction of sp³-hybridized carbons (Fsp3) is 0. The number of para-hydroxylation sites is 14. The Morgan fingerprint density at radius 3 is 0.921 bits per heavy atom. The van der Waals surface area contributed by atoms with E-state index in [2.05, 4.69) is 139 Å². The van der Waals surface area contributed by atoms with Crippen molar-refractivity contribution < 1.29 is 23.0 Å². The van der Waals surface area contributed by atoms with Crippen molar-refractivity contribution in [2.75, 3.05) is 14.7 Å². The molecule has 0 saturated heterocycles.